The van der Waals surface area contributed by atoms with Crippen molar-refractivity contribution in [2.75, 3.05) is 29.0 Å². The fraction of sp³-hybridized carbons (Fsp3) is 0.400. The lowest BCUT2D eigenvalue weighted by molar-refractivity contribution is 0.0210. The number of amides is 1. The van der Waals surface area contributed by atoms with Gasteiger partial charge in [0, 0.05) is 36.6 Å². The van der Waals surface area contributed by atoms with Crippen molar-refractivity contribution in [1.82, 2.24) is 14.9 Å². The predicted molar refractivity (Wildman–Crippen MR) is 155 cm³/mol. The number of aryl methyl sites for hydroxylation is 3. The number of nitriles is 1. The highest BCUT2D eigenvalue weighted by Gasteiger charge is 2.27. The molecule has 1 amide bonds. The summed E-state index contributed by atoms with van der Waals surface area (Å²) in [5, 5.41) is 19.4. The van der Waals surface area contributed by atoms with Crippen LogP contribution in [0, 0.1) is 32.1 Å². The molecule has 204 valence electrons. The van der Waals surface area contributed by atoms with Crippen LogP contribution in [0.25, 0.3) is 0 Å². The molecule has 0 spiro atoms. The Morgan fingerprint density at radius 2 is 1.59 bits per heavy atom. The van der Waals surface area contributed by atoms with Crippen LogP contribution in [0.3, 0.4) is 0 Å². The number of benzene rings is 2. The highest BCUT2D eigenvalue weighted by Crippen LogP contribution is 2.28. The van der Waals surface area contributed by atoms with Gasteiger partial charge in [-0.15, -0.1) is 0 Å². The van der Waals surface area contributed by atoms with E-state index in [-0.39, 0.29) is 12.1 Å². The molecule has 0 unspecified atom stereocenters. The second-order valence-corrected chi connectivity index (χ2v) is 11.1. The lowest BCUT2D eigenvalue weighted by Crippen LogP contribution is -2.44. The molecule has 3 N–H and O–H groups in total. The molecule has 1 aliphatic heterocycles. The Bertz CT molecular complexity index is 1340. The Kier molecular flexibility index (Phi) is 8.24. The van der Waals surface area contributed by atoms with E-state index in [1.165, 1.54) is 5.56 Å². The van der Waals surface area contributed by atoms with Crippen LogP contribution in [0.4, 0.5) is 33.8 Å². The standard InChI is InChI=1S/C30H37N7O2/c1-19-15-20(2)27(21(3)16-19)34-26-17-25(35-28(36-26)33-23-9-7-22(18-31)8-10-23)32-24-11-13-37(14-12-24)29(38)39-30(4,5)6/h7-10,15-17,24H,11-14H2,1-6H3,(H3,32,33,34,35,36). The third-order valence-electron chi connectivity index (χ3n) is 6.43. The molecule has 0 aliphatic carbocycles. The van der Waals surface area contributed by atoms with E-state index in [1.54, 1.807) is 17.0 Å². The average molecular weight is 528 g/mol. The zero-order chi connectivity index (χ0) is 28.2. The zero-order valence-electron chi connectivity index (χ0n) is 23.6. The lowest BCUT2D eigenvalue weighted by Gasteiger charge is -2.34. The van der Waals surface area contributed by atoms with Gasteiger partial charge in [-0.2, -0.15) is 15.2 Å². The van der Waals surface area contributed by atoms with E-state index in [0.29, 0.717) is 36.2 Å². The molecular weight excluding hydrogens is 490 g/mol. The van der Waals surface area contributed by atoms with E-state index in [4.69, 9.17) is 20.0 Å². The smallest absolute Gasteiger partial charge is 0.410 e. The quantitative estimate of drug-likeness (QED) is 0.330. The van der Waals surface area contributed by atoms with Crippen molar-refractivity contribution < 1.29 is 9.53 Å². The number of nitrogens with one attached hydrogen (secondary N) is 3. The Hall–Kier alpha value is -4.32. The van der Waals surface area contributed by atoms with Crippen LogP contribution in [0.15, 0.2) is 42.5 Å². The minimum atomic E-state index is -0.511. The number of piperidine rings is 1. The van der Waals surface area contributed by atoms with E-state index in [9.17, 15) is 4.79 Å². The summed E-state index contributed by atoms with van der Waals surface area (Å²) >= 11 is 0. The minimum Gasteiger partial charge on any atom is -0.444 e. The summed E-state index contributed by atoms with van der Waals surface area (Å²) in [7, 11) is 0. The molecule has 1 aliphatic rings. The second kappa shape index (κ2) is 11.6. The summed E-state index contributed by atoms with van der Waals surface area (Å²) in [5.41, 5.74) is 5.35. The largest absolute Gasteiger partial charge is 0.444 e. The Balaban J connectivity index is 1.53. The van der Waals surface area contributed by atoms with Gasteiger partial charge in [0.05, 0.1) is 11.6 Å². The fourth-order valence-electron chi connectivity index (χ4n) is 4.65. The predicted octanol–water partition coefficient (Wildman–Crippen LogP) is 6.57. The molecule has 9 heteroatoms. The SMILES string of the molecule is Cc1cc(C)c(Nc2cc(NC3CCN(C(=O)OC(C)(C)C)CC3)nc(Nc3ccc(C#N)cc3)n2)c(C)c1. The average Bonchev–Trinajstić information content (AvgIpc) is 2.86. The Labute approximate surface area is 230 Å². The number of carbonyl (C=O) groups excluding carboxylic acids is 1. The molecule has 2 heterocycles. The monoisotopic (exact) mass is 527 g/mol. The van der Waals surface area contributed by atoms with Gasteiger partial charge in [0.1, 0.15) is 17.2 Å². The van der Waals surface area contributed by atoms with Crippen LogP contribution < -0.4 is 16.0 Å². The summed E-state index contributed by atoms with van der Waals surface area (Å²) in [6.45, 7) is 13.1. The number of rotatable bonds is 6. The van der Waals surface area contributed by atoms with Crippen molar-refractivity contribution in [3.63, 3.8) is 0 Å². The first-order valence-electron chi connectivity index (χ1n) is 13.2. The molecule has 4 rings (SSSR count). The number of ether oxygens (including phenoxy) is 1. The fourth-order valence-corrected chi connectivity index (χ4v) is 4.65. The van der Waals surface area contributed by atoms with E-state index in [0.717, 1.165) is 35.3 Å². The molecule has 0 bridgehead atoms. The van der Waals surface area contributed by atoms with Gasteiger partial charge in [-0.05, 0) is 89.8 Å². The molecule has 2 aromatic carbocycles. The van der Waals surface area contributed by atoms with Gasteiger partial charge >= 0.3 is 6.09 Å². The summed E-state index contributed by atoms with van der Waals surface area (Å²) in [5.74, 6) is 1.77. The van der Waals surface area contributed by atoms with Crippen molar-refractivity contribution in [2.45, 2.75) is 66.0 Å². The third kappa shape index (κ3) is 7.60. The van der Waals surface area contributed by atoms with Crippen LogP contribution >= 0.6 is 0 Å². The van der Waals surface area contributed by atoms with Gasteiger partial charge < -0.3 is 25.6 Å². The number of nitrogens with zero attached hydrogens (tertiary/aromatic N) is 4. The maximum absolute atomic E-state index is 12.5. The van der Waals surface area contributed by atoms with Gasteiger partial charge in [-0.3, -0.25) is 0 Å². The van der Waals surface area contributed by atoms with Gasteiger partial charge in [0.2, 0.25) is 5.95 Å². The highest BCUT2D eigenvalue weighted by molar-refractivity contribution is 5.69. The van der Waals surface area contributed by atoms with Crippen LogP contribution in [-0.4, -0.2) is 45.7 Å². The van der Waals surface area contributed by atoms with Crippen molar-refractivity contribution in [1.29, 1.82) is 5.26 Å². The summed E-state index contributed by atoms with van der Waals surface area (Å²) in [6, 6.07) is 15.6. The van der Waals surface area contributed by atoms with Gasteiger partial charge in [0.25, 0.3) is 0 Å². The number of anilines is 5. The number of aromatic nitrogens is 2. The first-order chi connectivity index (χ1) is 18.5. The minimum absolute atomic E-state index is 0.150. The van der Waals surface area contributed by atoms with E-state index in [1.807, 2.05) is 39.0 Å². The number of hydrogen-bond donors (Lipinski definition) is 3. The van der Waals surface area contributed by atoms with Crippen molar-refractivity contribution in [2.24, 2.45) is 0 Å². The van der Waals surface area contributed by atoms with Crippen LogP contribution in [0.2, 0.25) is 0 Å². The van der Waals surface area contributed by atoms with Crippen molar-refractivity contribution in [3.8, 4) is 6.07 Å². The molecule has 3 aromatic rings. The topological polar surface area (TPSA) is 115 Å². The molecule has 0 saturated carbocycles. The summed E-state index contributed by atoms with van der Waals surface area (Å²) in [4.78, 5) is 23.7. The van der Waals surface area contributed by atoms with E-state index >= 15 is 0 Å². The molecule has 1 fully saturated rings. The molecule has 9 nitrogen and oxygen atoms in total. The molecule has 0 atom stereocenters. The third-order valence-corrected chi connectivity index (χ3v) is 6.43. The van der Waals surface area contributed by atoms with Crippen molar-refractivity contribution >= 4 is 35.1 Å². The molecule has 0 radical (unpaired) electrons. The molecular formula is C30H37N7O2. The van der Waals surface area contributed by atoms with Crippen LogP contribution in [0.1, 0.15) is 55.9 Å². The van der Waals surface area contributed by atoms with Crippen LogP contribution in [-0.2, 0) is 4.74 Å². The van der Waals surface area contributed by atoms with Gasteiger partial charge in [-0.25, -0.2) is 4.79 Å². The van der Waals surface area contributed by atoms with Gasteiger partial charge in [0.15, 0.2) is 0 Å². The van der Waals surface area contributed by atoms with Gasteiger partial charge in [-0.1, -0.05) is 17.7 Å². The first-order valence-corrected chi connectivity index (χ1v) is 13.2. The maximum Gasteiger partial charge on any atom is 0.410 e. The van der Waals surface area contributed by atoms with Crippen molar-refractivity contribution in [3.05, 3.63) is 64.7 Å². The Morgan fingerprint density at radius 1 is 0.974 bits per heavy atom. The lowest BCUT2D eigenvalue weighted by atomic mass is 10.0. The molecule has 1 aromatic heterocycles. The molecule has 39 heavy (non-hydrogen) atoms. The number of hydrogen-bond acceptors (Lipinski definition) is 8. The maximum atomic E-state index is 12.5. The zero-order valence-corrected chi connectivity index (χ0v) is 23.6. The van der Waals surface area contributed by atoms with E-state index in [2.05, 4.69) is 54.9 Å². The Morgan fingerprint density at radius 3 is 2.18 bits per heavy atom. The highest BCUT2D eigenvalue weighted by atomic mass is 16.6. The summed E-state index contributed by atoms with van der Waals surface area (Å²) in [6.07, 6.45) is 1.29. The van der Waals surface area contributed by atoms with Crippen LogP contribution in [0.5, 0.6) is 0 Å². The van der Waals surface area contributed by atoms with E-state index < -0.39 is 5.60 Å². The number of carbonyl (C=O) groups is 1. The first kappa shape index (κ1) is 27.7. The normalized spacial score (nSPS) is 13.9. The second-order valence-electron chi connectivity index (χ2n) is 11.1. The molecule has 1 saturated heterocycles. The summed E-state index contributed by atoms with van der Waals surface area (Å²) < 4.78 is 5.53. The number of likely N-dealkylation sites (tertiary alicyclic amines) is 1.